The summed E-state index contributed by atoms with van der Waals surface area (Å²) < 4.78 is 16.1. The topological polar surface area (TPSA) is 47.9 Å². The smallest absolute Gasteiger partial charge is 0.124 e. The van der Waals surface area contributed by atoms with Crippen molar-refractivity contribution in [2.24, 2.45) is 0 Å². The van der Waals surface area contributed by atoms with Crippen LogP contribution in [0.15, 0.2) is 48.4 Å². The normalized spacial score (nSPS) is 18.3. The maximum Gasteiger partial charge on any atom is 0.124 e. The van der Waals surface area contributed by atoms with Gasteiger partial charge in [-0.05, 0) is 17.7 Å². The predicted molar refractivity (Wildman–Crippen MR) is 81.7 cm³/mol. The molecule has 112 valence electrons. The van der Waals surface area contributed by atoms with Crippen LogP contribution in [-0.4, -0.2) is 25.4 Å². The molecule has 0 bridgehead atoms. The molecule has 0 aliphatic carbocycles. The van der Waals surface area contributed by atoms with E-state index in [1.165, 1.54) is 0 Å². The third-order valence-corrected chi connectivity index (χ3v) is 3.27. The first kappa shape index (κ1) is 15.2. The van der Waals surface area contributed by atoms with Gasteiger partial charge in [-0.1, -0.05) is 24.8 Å². The van der Waals surface area contributed by atoms with E-state index in [0.717, 1.165) is 16.9 Å². The SMILES string of the molecule is C=C1C=C(OC)C[C@H](/C=C/c2ccc(CO)c(OC)c2)O1. The van der Waals surface area contributed by atoms with E-state index in [1.54, 1.807) is 20.3 Å². The minimum absolute atomic E-state index is 0.0410. The van der Waals surface area contributed by atoms with Gasteiger partial charge in [0.05, 0.1) is 20.8 Å². The third kappa shape index (κ3) is 3.89. The van der Waals surface area contributed by atoms with E-state index in [-0.39, 0.29) is 12.7 Å². The zero-order chi connectivity index (χ0) is 15.2. The van der Waals surface area contributed by atoms with E-state index >= 15 is 0 Å². The summed E-state index contributed by atoms with van der Waals surface area (Å²) in [7, 11) is 3.23. The molecule has 0 fully saturated rings. The van der Waals surface area contributed by atoms with E-state index in [2.05, 4.69) is 6.58 Å². The van der Waals surface area contributed by atoms with E-state index in [1.807, 2.05) is 30.4 Å². The monoisotopic (exact) mass is 288 g/mol. The van der Waals surface area contributed by atoms with Crippen molar-refractivity contribution in [3.8, 4) is 5.75 Å². The Morgan fingerprint density at radius 1 is 1.38 bits per heavy atom. The van der Waals surface area contributed by atoms with Crippen LogP contribution in [0.2, 0.25) is 0 Å². The highest BCUT2D eigenvalue weighted by Gasteiger charge is 2.16. The Morgan fingerprint density at radius 3 is 2.86 bits per heavy atom. The molecular weight excluding hydrogens is 268 g/mol. The molecule has 0 amide bonds. The highest BCUT2D eigenvalue weighted by atomic mass is 16.5. The molecule has 2 rings (SSSR count). The largest absolute Gasteiger partial charge is 0.501 e. The molecule has 4 heteroatoms. The highest BCUT2D eigenvalue weighted by Crippen LogP contribution is 2.24. The van der Waals surface area contributed by atoms with Crippen molar-refractivity contribution < 1.29 is 19.3 Å². The van der Waals surface area contributed by atoms with Crippen LogP contribution in [0, 0.1) is 0 Å². The predicted octanol–water partition coefficient (Wildman–Crippen LogP) is 3.03. The summed E-state index contributed by atoms with van der Waals surface area (Å²) in [6, 6.07) is 5.65. The Morgan fingerprint density at radius 2 is 2.19 bits per heavy atom. The number of hydrogen-bond acceptors (Lipinski definition) is 4. The van der Waals surface area contributed by atoms with E-state index in [9.17, 15) is 5.11 Å². The van der Waals surface area contributed by atoms with Gasteiger partial charge in [-0.2, -0.15) is 0 Å². The summed E-state index contributed by atoms with van der Waals surface area (Å²) in [6.07, 6.45) is 6.30. The van der Waals surface area contributed by atoms with E-state index < -0.39 is 0 Å². The summed E-state index contributed by atoms with van der Waals surface area (Å²) in [5, 5.41) is 9.21. The van der Waals surface area contributed by atoms with E-state index in [0.29, 0.717) is 17.9 Å². The first-order valence-corrected chi connectivity index (χ1v) is 6.72. The Kier molecular flexibility index (Phi) is 5.06. The molecule has 1 aromatic carbocycles. The van der Waals surface area contributed by atoms with Gasteiger partial charge in [0.15, 0.2) is 0 Å². The lowest BCUT2D eigenvalue weighted by Crippen LogP contribution is -2.15. The van der Waals surface area contributed by atoms with Gasteiger partial charge in [0.2, 0.25) is 0 Å². The lowest BCUT2D eigenvalue weighted by molar-refractivity contribution is 0.126. The van der Waals surface area contributed by atoms with Gasteiger partial charge in [-0.15, -0.1) is 0 Å². The highest BCUT2D eigenvalue weighted by molar-refractivity contribution is 5.54. The van der Waals surface area contributed by atoms with Gasteiger partial charge >= 0.3 is 0 Å². The minimum atomic E-state index is -0.0963. The van der Waals surface area contributed by atoms with Crippen molar-refractivity contribution in [2.45, 2.75) is 19.1 Å². The fraction of sp³-hybridized carbons (Fsp3) is 0.294. The van der Waals surface area contributed by atoms with Gasteiger partial charge < -0.3 is 19.3 Å². The second kappa shape index (κ2) is 6.99. The Labute approximate surface area is 125 Å². The van der Waals surface area contributed by atoms with Crippen molar-refractivity contribution >= 4 is 6.08 Å². The van der Waals surface area contributed by atoms with Crippen LogP contribution >= 0.6 is 0 Å². The van der Waals surface area contributed by atoms with Gasteiger partial charge in [-0.3, -0.25) is 0 Å². The summed E-state index contributed by atoms with van der Waals surface area (Å²) in [5.41, 5.74) is 1.74. The second-order valence-corrected chi connectivity index (χ2v) is 4.73. The minimum Gasteiger partial charge on any atom is -0.501 e. The van der Waals surface area contributed by atoms with Gasteiger partial charge in [0, 0.05) is 18.1 Å². The molecule has 1 N–H and O–H groups in total. The first-order chi connectivity index (χ1) is 10.2. The van der Waals surface area contributed by atoms with Gasteiger partial charge in [0.25, 0.3) is 0 Å². The van der Waals surface area contributed by atoms with Crippen LogP contribution in [0.4, 0.5) is 0 Å². The quantitative estimate of drug-likeness (QED) is 0.904. The number of aliphatic hydroxyl groups is 1. The van der Waals surface area contributed by atoms with Gasteiger partial charge in [-0.25, -0.2) is 0 Å². The van der Waals surface area contributed by atoms with Crippen LogP contribution in [-0.2, 0) is 16.1 Å². The molecular formula is C17H20O4. The summed E-state index contributed by atoms with van der Waals surface area (Å²) in [6.45, 7) is 3.77. The standard InChI is InChI=1S/C17H20O4/c1-12-8-16(19-2)10-15(21-12)7-5-13-4-6-14(11-18)17(9-13)20-3/h4-9,15,18H,1,10-11H2,2-3H3/b7-5+/t15-/m0/s1. The average Bonchev–Trinajstić information content (AvgIpc) is 2.52. The average molecular weight is 288 g/mol. The Bertz CT molecular complexity index is 572. The van der Waals surface area contributed by atoms with E-state index in [4.69, 9.17) is 14.2 Å². The Hall–Kier alpha value is -2.20. The number of methoxy groups -OCH3 is 2. The van der Waals surface area contributed by atoms with Crippen LogP contribution in [0.1, 0.15) is 17.5 Å². The van der Waals surface area contributed by atoms with Gasteiger partial charge in [0.1, 0.15) is 23.4 Å². The fourth-order valence-electron chi connectivity index (χ4n) is 2.17. The molecule has 0 saturated heterocycles. The number of ether oxygens (including phenoxy) is 3. The first-order valence-electron chi connectivity index (χ1n) is 6.72. The number of benzene rings is 1. The van der Waals surface area contributed by atoms with Crippen molar-refractivity contribution in [1.82, 2.24) is 0 Å². The molecule has 4 nitrogen and oxygen atoms in total. The maximum atomic E-state index is 9.21. The number of allylic oxidation sites excluding steroid dienone is 1. The number of hydrogen-bond donors (Lipinski definition) is 1. The number of aliphatic hydroxyl groups excluding tert-OH is 1. The molecule has 1 aromatic rings. The molecule has 0 radical (unpaired) electrons. The zero-order valence-electron chi connectivity index (χ0n) is 12.3. The Balaban J connectivity index is 2.11. The van der Waals surface area contributed by atoms with Crippen molar-refractivity contribution in [2.75, 3.05) is 14.2 Å². The summed E-state index contributed by atoms with van der Waals surface area (Å²) >= 11 is 0. The van der Waals surface area contributed by atoms with Crippen LogP contribution in [0.25, 0.3) is 6.08 Å². The maximum absolute atomic E-state index is 9.21. The molecule has 1 heterocycles. The van der Waals surface area contributed by atoms with Crippen LogP contribution in [0.5, 0.6) is 5.75 Å². The van der Waals surface area contributed by atoms with Crippen LogP contribution < -0.4 is 4.74 Å². The molecule has 0 spiro atoms. The van der Waals surface area contributed by atoms with Crippen molar-refractivity contribution in [3.63, 3.8) is 0 Å². The molecule has 1 aliphatic heterocycles. The van der Waals surface area contributed by atoms with Crippen molar-refractivity contribution in [1.29, 1.82) is 0 Å². The molecule has 0 unspecified atom stereocenters. The molecule has 21 heavy (non-hydrogen) atoms. The lowest BCUT2D eigenvalue weighted by atomic mass is 10.1. The van der Waals surface area contributed by atoms with Crippen molar-refractivity contribution in [3.05, 3.63) is 59.6 Å². The molecule has 1 aliphatic rings. The van der Waals surface area contributed by atoms with Crippen LogP contribution in [0.3, 0.4) is 0 Å². The summed E-state index contributed by atoms with van der Waals surface area (Å²) in [4.78, 5) is 0. The molecule has 0 saturated carbocycles. The zero-order valence-corrected chi connectivity index (χ0v) is 12.3. The fourth-order valence-corrected chi connectivity index (χ4v) is 2.17. The molecule has 1 atom stereocenters. The number of rotatable bonds is 5. The second-order valence-electron chi connectivity index (χ2n) is 4.73. The lowest BCUT2D eigenvalue weighted by Gasteiger charge is -2.22. The summed E-state index contributed by atoms with van der Waals surface area (Å²) in [5.74, 6) is 2.13. The molecule has 0 aromatic heterocycles. The third-order valence-electron chi connectivity index (χ3n) is 3.27.